The van der Waals surface area contributed by atoms with Gasteiger partial charge in [0.1, 0.15) is 0 Å². The molecule has 2 N–H and O–H groups in total. The molecule has 2 atom stereocenters. The van der Waals surface area contributed by atoms with Gasteiger partial charge in [-0.15, -0.1) is 35.3 Å². The SMILES string of the molecule is CN=C(NCCCN1CCCC(C)C1)NCC(C)c1cccs1.I. The second-order valence-electron chi connectivity index (χ2n) is 6.70. The number of hydrogen-bond donors (Lipinski definition) is 2. The van der Waals surface area contributed by atoms with Crippen molar-refractivity contribution in [1.82, 2.24) is 15.5 Å². The third-order valence-corrected chi connectivity index (χ3v) is 5.62. The number of guanidine groups is 1. The van der Waals surface area contributed by atoms with Gasteiger partial charge in [-0.05, 0) is 49.7 Å². The Hall–Kier alpha value is -0.340. The van der Waals surface area contributed by atoms with Crippen molar-refractivity contribution in [3.05, 3.63) is 22.4 Å². The van der Waals surface area contributed by atoms with Crippen molar-refractivity contribution >= 4 is 41.3 Å². The molecule has 0 amide bonds. The van der Waals surface area contributed by atoms with Crippen molar-refractivity contribution in [3.63, 3.8) is 0 Å². The largest absolute Gasteiger partial charge is 0.356 e. The maximum absolute atomic E-state index is 4.32. The number of nitrogens with zero attached hydrogens (tertiary/aromatic N) is 2. The van der Waals surface area contributed by atoms with Crippen LogP contribution in [0.2, 0.25) is 0 Å². The molecule has 0 bridgehead atoms. The molecule has 138 valence electrons. The summed E-state index contributed by atoms with van der Waals surface area (Å²) in [6.07, 6.45) is 3.93. The lowest BCUT2D eigenvalue weighted by Crippen LogP contribution is -2.41. The minimum atomic E-state index is 0. The van der Waals surface area contributed by atoms with Crippen LogP contribution in [0, 0.1) is 5.92 Å². The molecule has 1 fully saturated rings. The predicted octanol–water partition coefficient (Wildman–Crippen LogP) is 3.76. The van der Waals surface area contributed by atoms with Gasteiger partial charge in [-0.2, -0.15) is 0 Å². The van der Waals surface area contributed by atoms with E-state index in [0.717, 1.165) is 25.0 Å². The van der Waals surface area contributed by atoms with Crippen LogP contribution in [0.15, 0.2) is 22.5 Å². The number of hydrogen-bond acceptors (Lipinski definition) is 3. The molecule has 24 heavy (non-hydrogen) atoms. The molecule has 6 heteroatoms. The third kappa shape index (κ3) is 7.70. The van der Waals surface area contributed by atoms with E-state index in [2.05, 4.69) is 51.9 Å². The van der Waals surface area contributed by atoms with Crippen molar-refractivity contribution in [2.45, 2.75) is 39.0 Å². The van der Waals surface area contributed by atoms with E-state index in [1.807, 2.05) is 18.4 Å². The second-order valence-corrected chi connectivity index (χ2v) is 7.68. The molecule has 2 rings (SSSR count). The first-order valence-corrected chi connectivity index (χ1v) is 9.77. The molecule has 2 unspecified atom stereocenters. The van der Waals surface area contributed by atoms with E-state index in [0.29, 0.717) is 5.92 Å². The van der Waals surface area contributed by atoms with Crippen molar-refractivity contribution < 1.29 is 0 Å². The van der Waals surface area contributed by atoms with E-state index in [4.69, 9.17) is 0 Å². The van der Waals surface area contributed by atoms with Gasteiger partial charge in [0, 0.05) is 37.5 Å². The Balaban J connectivity index is 0.00000288. The van der Waals surface area contributed by atoms with Crippen LogP contribution in [0.1, 0.15) is 43.9 Å². The third-order valence-electron chi connectivity index (χ3n) is 4.51. The van der Waals surface area contributed by atoms with Crippen LogP contribution in [-0.2, 0) is 0 Å². The van der Waals surface area contributed by atoms with Gasteiger partial charge in [-0.25, -0.2) is 0 Å². The minimum absolute atomic E-state index is 0. The maximum atomic E-state index is 4.32. The number of halogens is 1. The Morgan fingerprint density at radius 2 is 2.29 bits per heavy atom. The first-order valence-electron chi connectivity index (χ1n) is 8.89. The lowest BCUT2D eigenvalue weighted by atomic mass is 10.0. The molecule has 0 spiro atoms. The number of rotatable bonds is 7. The topological polar surface area (TPSA) is 39.7 Å². The van der Waals surface area contributed by atoms with Gasteiger partial charge in [0.05, 0.1) is 0 Å². The molecule has 1 aromatic heterocycles. The Labute approximate surface area is 168 Å². The van der Waals surface area contributed by atoms with E-state index in [1.165, 1.54) is 43.8 Å². The van der Waals surface area contributed by atoms with Gasteiger partial charge in [0.15, 0.2) is 5.96 Å². The number of nitrogens with one attached hydrogen (secondary N) is 2. The monoisotopic (exact) mass is 464 g/mol. The standard InChI is InChI=1S/C18H32N4S.HI/c1-15-7-4-10-22(14-15)11-6-9-20-18(19-3)21-13-16(2)17-8-5-12-23-17;/h5,8,12,15-16H,4,6-7,9-11,13-14H2,1-3H3,(H2,19,20,21);1H. The smallest absolute Gasteiger partial charge is 0.190 e. The van der Waals surface area contributed by atoms with Crippen LogP contribution >= 0.6 is 35.3 Å². The number of likely N-dealkylation sites (tertiary alicyclic amines) is 1. The molecule has 1 aliphatic rings. The number of aliphatic imine (C=N–C) groups is 1. The fourth-order valence-electron chi connectivity index (χ4n) is 3.14. The fourth-order valence-corrected chi connectivity index (χ4v) is 3.93. The highest BCUT2D eigenvalue weighted by Gasteiger charge is 2.15. The Bertz CT molecular complexity index is 464. The van der Waals surface area contributed by atoms with E-state index < -0.39 is 0 Å². The zero-order chi connectivity index (χ0) is 16.5. The van der Waals surface area contributed by atoms with Crippen LogP contribution in [0.25, 0.3) is 0 Å². The fraction of sp³-hybridized carbons (Fsp3) is 0.722. The Morgan fingerprint density at radius 3 is 2.96 bits per heavy atom. The second kappa shape index (κ2) is 12.1. The van der Waals surface area contributed by atoms with Crippen molar-refractivity contribution in [3.8, 4) is 0 Å². The zero-order valence-electron chi connectivity index (χ0n) is 15.3. The highest BCUT2D eigenvalue weighted by Crippen LogP contribution is 2.19. The van der Waals surface area contributed by atoms with E-state index in [9.17, 15) is 0 Å². The number of thiophene rings is 1. The Morgan fingerprint density at radius 1 is 1.46 bits per heavy atom. The molecular formula is C18H33IN4S. The first-order chi connectivity index (χ1) is 11.2. The summed E-state index contributed by atoms with van der Waals surface area (Å²) < 4.78 is 0. The molecule has 2 heterocycles. The summed E-state index contributed by atoms with van der Waals surface area (Å²) in [5, 5.41) is 9.01. The van der Waals surface area contributed by atoms with E-state index in [-0.39, 0.29) is 24.0 Å². The maximum Gasteiger partial charge on any atom is 0.190 e. The summed E-state index contributed by atoms with van der Waals surface area (Å²) in [4.78, 5) is 8.35. The molecule has 1 saturated heterocycles. The van der Waals surface area contributed by atoms with Gasteiger partial charge in [0.25, 0.3) is 0 Å². The lowest BCUT2D eigenvalue weighted by Gasteiger charge is -2.30. The average Bonchev–Trinajstić information content (AvgIpc) is 3.08. The average molecular weight is 464 g/mol. The summed E-state index contributed by atoms with van der Waals surface area (Å²) in [5.41, 5.74) is 0. The van der Waals surface area contributed by atoms with Gasteiger partial charge >= 0.3 is 0 Å². The lowest BCUT2D eigenvalue weighted by molar-refractivity contribution is 0.182. The summed E-state index contributed by atoms with van der Waals surface area (Å²) in [7, 11) is 1.84. The van der Waals surface area contributed by atoms with Gasteiger partial charge in [0.2, 0.25) is 0 Å². The summed E-state index contributed by atoms with van der Waals surface area (Å²) in [6.45, 7) is 10.3. The predicted molar refractivity (Wildman–Crippen MR) is 117 cm³/mol. The van der Waals surface area contributed by atoms with Crippen LogP contribution in [-0.4, -0.2) is 50.6 Å². The van der Waals surface area contributed by atoms with Crippen LogP contribution in [0.5, 0.6) is 0 Å². The van der Waals surface area contributed by atoms with Crippen molar-refractivity contribution in [2.75, 3.05) is 39.8 Å². The van der Waals surface area contributed by atoms with Gasteiger partial charge < -0.3 is 15.5 Å². The van der Waals surface area contributed by atoms with Crippen LogP contribution in [0.4, 0.5) is 0 Å². The molecule has 0 saturated carbocycles. The molecule has 1 aromatic rings. The Kier molecular flexibility index (Phi) is 10.9. The molecule has 4 nitrogen and oxygen atoms in total. The normalized spacial score (nSPS) is 20.3. The van der Waals surface area contributed by atoms with Crippen LogP contribution < -0.4 is 10.6 Å². The molecular weight excluding hydrogens is 431 g/mol. The highest BCUT2D eigenvalue weighted by molar-refractivity contribution is 14.0. The minimum Gasteiger partial charge on any atom is -0.356 e. The quantitative estimate of drug-likeness (QED) is 0.280. The molecule has 1 aliphatic heterocycles. The highest BCUT2D eigenvalue weighted by atomic mass is 127. The van der Waals surface area contributed by atoms with Crippen molar-refractivity contribution in [2.24, 2.45) is 10.9 Å². The molecule has 0 aliphatic carbocycles. The van der Waals surface area contributed by atoms with E-state index in [1.54, 1.807) is 0 Å². The van der Waals surface area contributed by atoms with Gasteiger partial charge in [-0.1, -0.05) is 19.9 Å². The summed E-state index contributed by atoms with van der Waals surface area (Å²) in [6, 6.07) is 4.32. The molecule has 0 aromatic carbocycles. The van der Waals surface area contributed by atoms with Crippen molar-refractivity contribution in [1.29, 1.82) is 0 Å². The summed E-state index contributed by atoms with van der Waals surface area (Å²) >= 11 is 1.82. The number of piperidine rings is 1. The van der Waals surface area contributed by atoms with Crippen LogP contribution in [0.3, 0.4) is 0 Å². The van der Waals surface area contributed by atoms with E-state index >= 15 is 0 Å². The summed E-state index contributed by atoms with van der Waals surface area (Å²) in [5.74, 6) is 2.30. The molecule has 0 radical (unpaired) electrons. The zero-order valence-corrected chi connectivity index (χ0v) is 18.4. The first kappa shape index (κ1) is 21.7. The van der Waals surface area contributed by atoms with Gasteiger partial charge in [-0.3, -0.25) is 4.99 Å².